The van der Waals surface area contributed by atoms with Gasteiger partial charge in [-0.1, -0.05) is 44.5 Å². The van der Waals surface area contributed by atoms with Crippen molar-refractivity contribution in [1.82, 2.24) is 10.6 Å². The summed E-state index contributed by atoms with van der Waals surface area (Å²) in [6.07, 6.45) is 2.07. The number of nitrogens with one attached hydrogen (secondary N) is 2. The second-order valence-corrected chi connectivity index (χ2v) is 9.09. The van der Waals surface area contributed by atoms with E-state index in [4.69, 9.17) is 17.3 Å². The summed E-state index contributed by atoms with van der Waals surface area (Å²) in [6, 6.07) is 9.70. The Bertz CT molecular complexity index is 677. The van der Waals surface area contributed by atoms with Crippen LogP contribution in [0.4, 0.5) is 0 Å². The highest BCUT2D eigenvalue weighted by Crippen LogP contribution is 2.44. The number of carbonyl (C=O) groups is 1. The zero-order chi connectivity index (χ0) is 20.1. The zero-order valence-electron chi connectivity index (χ0n) is 16.5. The van der Waals surface area contributed by atoms with Gasteiger partial charge in [-0.2, -0.15) is 5.26 Å². The third-order valence-electron chi connectivity index (χ3n) is 5.25. The van der Waals surface area contributed by atoms with Crippen LogP contribution in [0, 0.1) is 22.7 Å². The topological polar surface area (TPSA) is 90.9 Å². The molecule has 4 N–H and O–H groups in total. The first kappa shape index (κ1) is 21.7. The quantitative estimate of drug-likeness (QED) is 0.651. The smallest absolute Gasteiger partial charge is 0.237 e. The second-order valence-electron chi connectivity index (χ2n) is 8.65. The van der Waals surface area contributed by atoms with Crippen molar-refractivity contribution in [2.24, 2.45) is 17.1 Å². The number of nitrogens with two attached hydrogens (primary N) is 1. The maximum Gasteiger partial charge on any atom is 0.237 e. The fourth-order valence-electron chi connectivity index (χ4n) is 3.93. The normalized spacial score (nSPS) is 25.6. The number of nitriles is 1. The Balaban J connectivity index is 2.32. The SMILES string of the molecule is CC(C)(C)CC1CNC(C(=O)NCCCN)CC1(C#N)c1ccc(Cl)cc1. The molecule has 0 saturated carbocycles. The summed E-state index contributed by atoms with van der Waals surface area (Å²) in [5, 5.41) is 17.2. The molecule has 6 heteroatoms. The number of piperidine rings is 1. The third-order valence-corrected chi connectivity index (χ3v) is 5.50. The van der Waals surface area contributed by atoms with Crippen LogP contribution in [-0.4, -0.2) is 31.6 Å². The Labute approximate surface area is 167 Å². The standard InChI is InChI=1S/C21H31ClN4O/c1-20(2,3)11-16-13-26-18(19(27)25-10-4-9-23)12-21(16,14-24)15-5-7-17(22)8-6-15/h5-8,16,18,26H,4,9-13,23H2,1-3H3,(H,25,27). The number of hydrogen-bond donors (Lipinski definition) is 3. The van der Waals surface area contributed by atoms with Gasteiger partial charge in [0.1, 0.15) is 0 Å². The van der Waals surface area contributed by atoms with Gasteiger partial charge in [0.05, 0.1) is 17.5 Å². The number of amides is 1. The van der Waals surface area contributed by atoms with Crippen molar-refractivity contribution in [3.05, 3.63) is 34.9 Å². The minimum absolute atomic E-state index is 0.0637. The van der Waals surface area contributed by atoms with Gasteiger partial charge >= 0.3 is 0 Å². The predicted octanol–water partition coefficient (Wildman–Crippen LogP) is 2.98. The first-order valence-corrected chi connectivity index (χ1v) is 9.98. The lowest BCUT2D eigenvalue weighted by Gasteiger charge is -2.45. The summed E-state index contributed by atoms with van der Waals surface area (Å²) in [5.41, 5.74) is 5.79. The van der Waals surface area contributed by atoms with E-state index in [1.807, 2.05) is 24.3 Å². The van der Waals surface area contributed by atoms with E-state index < -0.39 is 11.5 Å². The Morgan fingerprint density at radius 1 is 1.41 bits per heavy atom. The summed E-state index contributed by atoms with van der Waals surface area (Å²) in [6.45, 7) is 8.27. The van der Waals surface area contributed by atoms with E-state index in [9.17, 15) is 10.1 Å². The Morgan fingerprint density at radius 2 is 2.07 bits per heavy atom. The molecule has 2 rings (SSSR count). The Kier molecular flexibility index (Phi) is 7.27. The summed E-state index contributed by atoms with van der Waals surface area (Å²) in [5.74, 6) is 0.0445. The molecule has 1 saturated heterocycles. The number of carbonyl (C=O) groups excluding carboxylic acids is 1. The zero-order valence-corrected chi connectivity index (χ0v) is 17.3. The van der Waals surface area contributed by atoms with Crippen LogP contribution in [0.1, 0.15) is 45.6 Å². The summed E-state index contributed by atoms with van der Waals surface area (Å²) in [4.78, 5) is 12.6. The number of rotatable bonds is 6. The van der Waals surface area contributed by atoms with E-state index in [0.29, 0.717) is 31.1 Å². The molecule has 5 nitrogen and oxygen atoms in total. The summed E-state index contributed by atoms with van der Waals surface area (Å²) >= 11 is 6.06. The molecule has 3 atom stereocenters. The van der Waals surface area contributed by atoms with Gasteiger partial charge in [0, 0.05) is 18.1 Å². The van der Waals surface area contributed by atoms with Crippen LogP contribution >= 0.6 is 11.6 Å². The van der Waals surface area contributed by atoms with E-state index in [2.05, 4.69) is 37.5 Å². The van der Waals surface area contributed by atoms with E-state index in [1.165, 1.54) is 0 Å². The molecule has 148 valence electrons. The molecule has 1 aromatic carbocycles. The average Bonchev–Trinajstić information content (AvgIpc) is 2.62. The Morgan fingerprint density at radius 3 is 2.63 bits per heavy atom. The predicted molar refractivity (Wildman–Crippen MR) is 109 cm³/mol. The maximum absolute atomic E-state index is 12.6. The van der Waals surface area contributed by atoms with Crippen molar-refractivity contribution in [3.63, 3.8) is 0 Å². The molecule has 0 spiro atoms. The lowest BCUT2D eigenvalue weighted by Crippen LogP contribution is -2.58. The largest absolute Gasteiger partial charge is 0.355 e. The minimum atomic E-state index is -0.723. The summed E-state index contributed by atoms with van der Waals surface area (Å²) in [7, 11) is 0. The van der Waals surface area contributed by atoms with Crippen molar-refractivity contribution < 1.29 is 4.79 Å². The van der Waals surface area contributed by atoms with Crippen LogP contribution in [0.3, 0.4) is 0 Å². The van der Waals surface area contributed by atoms with Gasteiger partial charge in [0.25, 0.3) is 0 Å². The van der Waals surface area contributed by atoms with Crippen molar-refractivity contribution >= 4 is 17.5 Å². The highest BCUT2D eigenvalue weighted by Gasteiger charge is 2.48. The van der Waals surface area contributed by atoms with E-state index in [1.54, 1.807) is 0 Å². The van der Waals surface area contributed by atoms with Crippen LogP contribution in [0.25, 0.3) is 0 Å². The van der Waals surface area contributed by atoms with Gasteiger partial charge < -0.3 is 16.4 Å². The van der Waals surface area contributed by atoms with Gasteiger partial charge in [0.15, 0.2) is 0 Å². The van der Waals surface area contributed by atoms with Crippen molar-refractivity contribution in [2.75, 3.05) is 19.6 Å². The molecule has 0 bridgehead atoms. The van der Waals surface area contributed by atoms with Gasteiger partial charge in [-0.15, -0.1) is 0 Å². The first-order chi connectivity index (χ1) is 12.7. The number of hydrogen-bond acceptors (Lipinski definition) is 4. The highest BCUT2D eigenvalue weighted by molar-refractivity contribution is 6.30. The highest BCUT2D eigenvalue weighted by atomic mass is 35.5. The van der Waals surface area contributed by atoms with Crippen molar-refractivity contribution in [1.29, 1.82) is 5.26 Å². The van der Waals surface area contributed by atoms with Crippen molar-refractivity contribution in [2.45, 2.75) is 51.5 Å². The van der Waals surface area contributed by atoms with Crippen LogP contribution in [0.5, 0.6) is 0 Å². The van der Waals surface area contributed by atoms with E-state index in [-0.39, 0.29) is 17.2 Å². The van der Waals surface area contributed by atoms with Crippen LogP contribution in [-0.2, 0) is 10.2 Å². The number of benzene rings is 1. The van der Waals surface area contributed by atoms with E-state index in [0.717, 1.165) is 18.4 Å². The number of nitrogens with zero attached hydrogens (tertiary/aromatic N) is 1. The fourth-order valence-corrected chi connectivity index (χ4v) is 4.06. The number of halogens is 1. The summed E-state index contributed by atoms with van der Waals surface area (Å²) < 4.78 is 0. The van der Waals surface area contributed by atoms with Gasteiger partial charge in [0.2, 0.25) is 5.91 Å². The third kappa shape index (κ3) is 5.44. The van der Waals surface area contributed by atoms with Crippen LogP contribution in [0.2, 0.25) is 5.02 Å². The molecule has 0 aliphatic carbocycles. The van der Waals surface area contributed by atoms with Gasteiger partial charge in [-0.25, -0.2) is 0 Å². The Hall–Kier alpha value is -1.61. The molecule has 3 unspecified atom stereocenters. The fraction of sp³-hybridized carbons (Fsp3) is 0.619. The lowest BCUT2D eigenvalue weighted by atomic mass is 9.61. The molecule has 27 heavy (non-hydrogen) atoms. The molecule has 1 heterocycles. The maximum atomic E-state index is 12.6. The molecule has 1 amide bonds. The van der Waals surface area contributed by atoms with Crippen LogP contribution in [0.15, 0.2) is 24.3 Å². The molecule has 1 fully saturated rings. The molecular weight excluding hydrogens is 360 g/mol. The van der Waals surface area contributed by atoms with Crippen molar-refractivity contribution in [3.8, 4) is 6.07 Å². The van der Waals surface area contributed by atoms with E-state index >= 15 is 0 Å². The molecule has 1 aliphatic rings. The van der Waals surface area contributed by atoms with Gasteiger partial charge in [-0.05, 0) is 54.8 Å². The average molecular weight is 391 g/mol. The van der Waals surface area contributed by atoms with Crippen LogP contribution < -0.4 is 16.4 Å². The minimum Gasteiger partial charge on any atom is -0.355 e. The monoisotopic (exact) mass is 390 g/mol. The molecule has 0 aromatic heterocycles. The molecular formula is C21H31ClN4O. The molecule has 0 radical (unpaired) electrons. The lowest BCUT2D eigenvalue weighted by molar-refractivity contribution is -0.124. The van der Waals surface area contributed by atoms with Gasteiger partial charge in [-0.3, -0.25) is 4.79 Å². The molecule has 1 aromatic rings. The first-order valence-electron chi connectivity index (χ1n) is 9.60. The molecule has 1 aliphatic heterocycles. The second kappa shape index (κ2) is 9.05.